The van der Waals surface area contributed by atoms with Crippen molar-refractivity contribution in [3.8, 4) is 0 Å². The van der Waals surface area contributed by atoms with Crippen LogP contribution in [0.25, 0.3) is 0 Å². The molecule has 0 aromatic heterocycles. The molecule has 1 atom stereocenters. The van der Waals surface area contributed by atoms with E-state index in [0.717, 1.165) is 5.92 Å². The summed E-state index contributed by atoms with van der Waals surface area (Å²) in [4.78, 5) is 10.5. The molecule has 2 saturated heterocycles. The van der Waals surface area contributed by atoms with Crippen molar-refractivity contribution in [1.82, 2.24) is 19.6 Å². The van der Waals surface area contributed by atoms with Gasteiger partial charge in [0.1, 0.15) is 0 Å². The first-order chi connectivity index (χ1) is 13.5. The first-order valence-corrected chi connectivity index (χ1v) is 12.3. The minimum Gasteiger partial charge on any atom is -0.309 e. The van der Waals surface area contributed by atoms with Crippen LogP contribution in [0.2, 0.25) is 0 Å². The van der Waals surface area contributed by atoms with Gasteiger partial charge in [-0.3, -0.25) is 9.80 Å². The van der Waals surface area contributed by atoms with Gasteiger partial charge < -0.3 is 9.80 Å². The van der Waals surface area contributed by atoms with Gasteiger partial charge in [0.15, 0.2) is 0 Å². The Hall–Kier alpha value is -0.160. The van der Waals surface area contributed by atoms with E-state index in [1.165, 1.54) is 84.5 Å². The molecule has 0 spiro atoms. The summed E-state index contributed by atoms with van der Waals surface area (Å²) in [7, 11) is 4.40. The van der Waals surface area contributed by atoms with Crippen LogP contribution >= 0.6 is 0 Å². The molecule has 0 N–H and O–H groups in total. The SMILES string of the molecule is CC(CCC(C)(C)N1CCC(CCN(C)C)CC1)N1CCN(CC(C)(C)C)CC1. The number of piperidine rings is 1. The van der Waals surface area contributed by atoms with E-state index in [1.807, 2.05) is 0 Å². The fourth-order valence-electron chi connectivity index (χ4n) is 5.20. The summed E-state index contributed by atoms with van der Waals surface area (Å²) in [6, 6.07) is 0.712. The van der Waals surface area contributed by atoms with E-state index in [1.54, 1.807) is 0 Å². The van der Waals surface area contributed by atoms with Gasteiger partial charge in [0.05, 0.1) is 0 Å². The summed E-state index contributed by atoms with van der Waals surface area (Å²) in [5.74, 6) is 0.938. The topological polar surface area (TPSA) is 13.0 Å². The maximum absolute atomic E-state index is 2.78. The molecule has 2 fully saturated rings. The number of likely N-dealkylation sites (tertiary alicyclic amines) is 1. The predicted octanol–water partition coefficient (Wildman–Crippen LogP) is 4.26. The van der Waals surface area contributed by atoms with Gasteiger partial charge in [-0.2, -0.15) is 0 Å². The van der Waals surface area contributed by atoms with Crippen LogP contribution in [0.3, 0.4) is 0 Å². The first kappa shape index (κ1) is 25.1. The Balaban J connectivity index is 1.69. The van der Waals surface area contributed by atoms with Crippen molar-refractivity contribution >= 4 is 0 Å². The first-order valence-electron chi connectivity index (χ1n) is 12.3. The minimum atomic E-state index is 0.342. The Morgan fingerprint density at radius 3 is 2.00 bits per heavy atom. The third-order valence-corrected chi connectivity index (χ3v) is 7.36. The van der Waals surface area contributed by atoms with Gasteiger partial charge in [-0.25, -0.2) is 0 Å². The lowest BCUT2D eigenvalue weighted by molar-refractivity contribution is 0.0459. The molecular weight excluding hydrogens is 356 g/mol. The second-order valence-corrected chi connectivity index (χ2v) is 12.1. The normalized spacial score (nSPS) is 23.1. The van der Waals surface area contributed by atoms with E-state index in [0.29, 0.717) is 17.0 Å². The zero-order chi connectivity index (χ0) is 21.7. The largest absolute Gasteiger partial charge is 0.309 e. The Kier molecular flexibility index (Phi) is 9.46. The van der Waals surface area contributed by atoms with Crippen LogP contribution in [-0.2, 0) is 0 Å². The van der Waals surface area contributed by atoms with Gasteiger partial charge >= 0.3 is 0 Å². The monoisotopic (exact) mass is 408 g/mol. The van der Waals surface area contributed by atoms with Gasteiger partial charge in [-0.1, -0.05) is 20.8 Å². The van der Waals surface area contributed by atoms with E-state index in [-0.39, 0.29) is 0 Å². The van der Waals surface area contributed by atoms with E-state index in [4.69, 9.17) is 0 Å². The molecule has 0 aromatic rings. The van der Waals surface area contributed by atoms with Crippen LogP contribution in [0.15, 0.2) is 0 Å². The number of hydrogen-bond acceptors (Lipinski definition) is 4. The van der Waals surface area contributed by atoms with Gasteiger partial charge in [0.2, 0.25) is 0 Å². The Morgan fingerprint density at radius 2 is 1.48 bits per heavy atom. The molecule has 0 aromatic carbocycles. The Labute approximate surface area is 183 Å². The molecule has 1 unspecified atom stereocenters. The molecule has 2 heterocycles. The predicted molar refractivity (Wildman–Crippen MR) is 128 cm³/mol. The lowest BCUT2D eigenvalue weighted by Gasteiger charge is -2.45. The highest BCUT2D eigenvalue weighted by Gasteiger charge is 2.32. The van der Waals surface area contributed by atoms with Crippen LogP contribution in [0, 0.1) is 11.3 Å². The molecular formula is C25H52N4. The third-order valence-electron chi connectivity index (χ3n) is 7.36. The van der Waals surface area contributed by atoms with Crippen molar-refractivity contribution in [3.05, 3.63) is 0 Å². The highest BCUT2D eigenvalue weighted by atomic mass is 15.3. The number of hydrogen-bond donors (Lipinski definition) is 0. The molecule has 29 heavy (non-hydrogen) atoms. The number of rotatable bonds is 9. The molecule has 4 nitrogen and oxygen atoms in total. The van der Waals surface area contributed by atoms with Crippen molar-refractivity contribution < 1.29 is 0 Å². The fraction of sp³-hybridized carbons (Fsp3) is 1.00. The van der Waals surface area contributed by atoms with Crippen LogP contribution in [-0.4, -0.2) is 97.6 Å². The smallest absolute Gasteiger partial charge is 0.0153 e. The van der Waals surface area contributed by atoms with E-state index < -0.39 is 0 Å². The Bertz CT molecular complexity index is 452. The molecule has 4 heteroatoms. The molecule has 172 valence electrons. The van der Waals surface area contributed by atoms with Gasteiger partial charge in [-0.05, 0) is 97.9 Å². The van der Waals surface area contributed by atoms with Crippen molar-refractivity contribution in [3.63, 3.8) is 0 Å². The molecule has 2 aliphatic rings. The highest BCUT2D eigenvalue weighted by Crippen LogP contribution is 2.30. The second kappa shape index (κ2) is 10.9. The summed E-state index contributed by atoms with van der Waals surface area (Å²) in [5.41, 5.74) is 0.757. The zero-order valence-electron chi connectivity index (χ0n) is 21.1. The highest BCUT2D eigenvalue weighted by molar-refractivity contribution is 4.88. The number of piperazine rings is 1. The molecule has 2 aliphatic heterocycles. The van der Waals surface area contributed by atoms with E-state index in [2.05, 4.69) is 75.2 Å². The third kappa shape index (κ3) is 8.85. The van der Waals surface area contributed by atoms with E-state index in [9.17, 15) is 0 Å². The maximum Gasteiger partial charge on any atom is 0.0153 e. The number of nitrogens with zero attached hydrogens (tertiary/aromatic N) is 4. The average molecular weight is 409 g/mol. The van der Waals surface area contributed by atoms with Crippen molar-refractivity contribution in [2.45, 2.75) is 85.2 Å². The van der Waals surface area contributed by atoms with E-state index >= 15 is 0 Å². The second-order valence-electron chi connectivity index (χ2n) is 12.1. The molecule has 0 radical (unpaired) electrons. The van der Waals surface area contributed by atoms with Crippen LogP contribution in [0.4, 0.5) is 0 Å². The van der Waals surface area contributed by atoms with Gasteiger partial charge in [-0.15, -0.1) is 0 Å². The van der Waals surface area contributed by atoms with Crippen molar-refractivity contribution in [1.29, 1.82) is 0 Å². The van der Waals surface area contributed by atoms with Crippen LogP contribution in [0.5, 0.6) is 0 Å². The molecule has 0 saturated carbocycles. The average Bonchev–Trinajstić information content (AvgIpc) is 2.64. The maximum atomic E-state index is 2.78. The summed E-state index contributed by atoms with van der Waals surface area (Å²) < 4.78 is 0. The Morgan fingerprint density at radius 1 is 0.897 bits per heavy atom. The van der Waals surface area contributed by atoms with Crippen LogP contribution in [0.1, 0.15) is 73.6 Å². The molecule has 0 amide bonds. The lowest BCUT2D eigenvalue weighted by Crippen LogP contribution is -2.52. The summed E-state index contributed by atoms with van der Waals surface area (Å²) in [5, 5.41) is 0. The van der Waals surface area contributed by atoms with Crippen molar-refractivity contribution in [2.75, 3.05) is 66.5 Å². The molecule has 0 aliphatic carbocycles. The molecule has 0 bridgehead atoms. The van der Waals surface area contributed by atoms with Crippen LogP contribution < -0.4 is 0 Å². The summed E-state index contributed by atoms with van der Waals surface area (Å²) >= 11 is 0. The van der Waals surface area contributed by atoms with Gasteiger partial charge in [0.25, 0.3) is 0 Å². The van der Waals surface area contributed by atoms with Crippen molar-refractivity contribution in [2.24, 2.45) is 11.3 Å². The standard InChI is InChI=1S/C25H52N4/c1-22(28-19-17-27(18-20-28)21-24(2,3)4)9-13-25(5,6)29-15-11-23(12-16-29)10-14-26(7)8/h22-23H,9-21H2,1-8H3. The zero-order valence-corrected chi connectivity index (χ0v) is 21.1. The summed E-state index contributed by atoms with van der Waals surface area (Å²) in [6.07, 6.45) is 6.80. The minimum absolute atomic E-state index is 0.342. The fourth-order valence-corrected chi connectivity index (χ4v) is 5.20. The van der Waals surface area contributed by atoms with Gasteiger partial charge in [0, 0.05) is 44.3 Å². The summed E-state index contributed by atoms with van der Waals surface area (Å²) in [6.45, 7) is 24.5. The quantitative estimate of drug-likeness (QED) is 0.565. The lowest BCUT2D eigenvalue weighted by atomic mass is 9.87. The molecule has 2 rings (SSSR count).